The molecular formula is C15H23N5. The van der Waals surface area contributed by atoms with E-state index in [1.165, 1.54) is 19.5 Å². The highest BCUT2D eigenvalue weighted by atomic mass is 15.2. The normalized spacial score (nSPS) is 20.1. The molecule has 1 aliphatic rings. The van der Waals surface area contributed by atoms with Gasteiger partial charge in [-0.25, -0.2) is 9.50 Å². The van der Waals surface area contributed by atoms with Crippen molar-refractivity contribution in [3.63, 3.8) is 0 Å². The van der Waals surface area contributed by atoms with Crippen LogP contribution in [0.3, 0.4) is 0 Å². The van der Waals surface area contributed by atoms with E-state index in [4.69, 9.17) is 0 Å². The van der Waals surface area contributed by atoms with Gasteiger partial charge >= 0.3 is 0 Å². The van der Waals surface area contributed by atoms with E-state index in [0.29, 0.717) is 5.92 Å². The molecule has 0 aliphatic carbocycles. The number of aromatic nitrogens is 3. The van der Waals surface area contributed by atoms with Gasteiger partial charge in [0.05, 0.1) is 5.69 Å². The Bertz CT molecular complexity index is 589. The number of fused-ring (bicyclic) bond motifs is 1. The Morgan fingerprint density at radius 1 is 1.45 bits per heavy atom. The van der Waals surface area contributed by atoms with Crippen LogP contribution in [-0.4, -0.2) is 46.2 Å². The summed E-state index contributed by atoms with van der Waals surface area (Å²) in [6.45, 7) is 7.69. The number of nitrogens with zero attached hydrogens (tertiary/aromatic N) is 4. The van der Waals surface area contributed by atoms with Crippen LogP contribution >= 0.6 is 0 Å². The summed E-state index contributed by atoms with van der Waals surface area (Å²) in [6, 6.07) is 2.14. The van der Waals surface area contributed by atoms with Gasteiger partial charge in [0.15, 0.2) is 5.82 Å². The molecule has 5 heteroatoms. The average molecular weight is 273 g/mol. The fourth-order valence-electron chi connectivity index (χ4n) is 2.79. The third-order valence-corrected chi connectivity index (χ3v) is 4.05. The molecule has 0 bridgehead atoms. The molecule has 0 saturated carbocycles. The summed E-state index contributed by atoms with van der Waals surface area (Å²) >= 11 is 0. The molecule has 20 heavy (non-hydrogen) atoms. The Kier molecular flexibility index (Phi) is 3.61. The van der Waals surface area contributed by atoms with E-state index in [1.54, 1.807) is 0 Å². The zero-order valence-corrected chi connectivity index (χ0v) is 12.5. The molecule has 1 aliphatic heterocycles. The Balaban J connectivity index is 1.77. The van der Waals surface area contributed by atoms with E-state index in [1.807, 2.05) is 16.9 Å². The first-order valence-electron chi connectivity index (χ1n) is 7.40. The lowest BCUT2D eigenvalue weighted by atomic mass is 10.1. The molecule has 2 aromatic rings. The largest absolute Gasteiger partial charge is 0.368 e. The maximum absolute atomic E-state index is 4.59. The first-order valence-corrected chi connectivity index (χ1v) is 7.40. The molecule has 0 aromatic carbocycles. The van der Waals surface area contributed by atoms with Crippen LogP contribution in [0.15, 0.2) is 18.5 Å². The Labute approximate surface area is 120 Å². The smallest absolute Gasteiger partial charge is 0.152 e. The lowest BCUT2D eigenvalue weighted by molar-refractivity contribution is 0.399. The van der Waals surface area contributed by atoms with Gasteiger partial charge in [-0.05, 0) is 37.9 Å². The summed E-state index contributed by atoms with van der Waals surface area (Å²) in [7, 11) is 2.19. The van der Waals surface area contributed by atoms with E-state index in [2.05, 4.69) is 47.3 Å². The van der Waals surface area contributed by atoms with Crippen molar-refractivity contribution in [3.8, 4) is 0 Å². The van der Waals surface area contributed by atoms with E-state index in [0.717, 1.165) is 29.5 Å². The molecule has 1 N–H and O–H groups in total. The summed E-state index contributed by atoms with van der Waals surface area (Å²) in [5.74, 6) is 2.10. The lowest BCUT2D eigenvalue weighted by Crippen LogP contribution is -2.19. The highest BCUT2D eigenvalue weighted by Crippen LogP contribution is 2.21. The standard InChI is InChI=1S/C15H23N5/c1-11(2)13-8-14-15(16-5-7-20(14)18-13)17-9-12-4-6-19(3)10-12/h5,7-8,11-12H,4,6,9-10H2,1-3H3,(H,16,17). The molecule has 108 valence electrons. The quantitative estimate of drug-likeness (QED) is 0.928. The van der Waals surface area contributed by atoms with Gasteiger partial charge in [0, 0.05) is 25.5 Å². The van der Waals surface area contributed by atoms with Gasteiger partial charge in [-0.1, -0.05) is 13.8 Å². The molecule has 3 rings (SSSR count). The molecule has 1 unspecified atom stereocenters. The van der Waals surface area contributed by atoms with Crippen LogP contribution in [0, 0.1) is 5.92 Å². The van der Waals surface area contributed by atoms with Crippen LogP contribution in [0.4, 0.5) is 5.82 Å². The topological polar surface area (TPSA) is 45.5 Å². The molecule has 1 saturated heterocycles. The molecule has 0 radical (unpaired) electrons. The van der Waals surface area contributed by atoms with Crippen LogP contribution in [0.2, 0.25) is 0 Å². The van der Waals surface area contributed by atoms with Crippen LogP contribution in [0.25, 0.3) is 5.52 Å². The minimum absolute atomic E-state index is 0.436. The van der Waals surface area contributed by atoms with Crippen molar-refractivity contribution in [2.45, 2.75) is 26.2 Å². The first kappa shape index (κ1) is 13.4. The van der Waals surface area contributed by atoms with Crippen molar-refractivity contribution < 1.29 is 0 Å². The number of anilines is 1. The van der Waals surface area contributed by atoms with Crippen molar-refractivity contribution in [1.82, 2.24) is 19.5 Å². The van der Waals surface area contributed by atoms with Gasteiger partial charge in [-0.15, -0.1) is 0 Å². The molecule has 0 amide bonds. The maximum atomic E-state index is 4.59. The van der Waals surface area contributed by atoms with E-state index < -0.39 is 0 Å². The summed E-state index contributed by atoms with van der Waals surface area (Å²) in [6.07, 6.45) is 4.99. The lowest BCUT2D eigenvalue weighted by Gasteiger charge is -2.12. The molecule has 2 aromatic heterocycles. The van der Waals surface area contributed by atoms with Crippen molar-refractivity contribution in [1.29, 1.82) is 0 Å². The number of rotatable bonds is 4. The molecular weight excluding hydrogens is 250 g/mol. The minimum atomic E-state index is 0.436. The maximum Gasteiger partial charge on any atom is 0.152 e. The predicted molar refractivity (Wildman–Crippen MR) is 81.2 cm³/mol. The van der Waals surface area contributed by atoms with Crippen LogP contribution in [0.1, 0.15) is 31.9 Å². The molecule has 0 spiro atoms. The zero-order chi connectivity index (χ0) is 14.1. The fourth-order valence-corrected chi connectivity index (χ4v) is 2.79. The number of likely N-dealkylation sites (tertiary alicyclic amines) is 1. The SMILES string of the molecule is CC(C)c1cc2c(NCC3CCN(C)C3)nccn2n1. The highest BCUT2D eigenvalue weighted by molar-refractivity contribution is 5.67. The second-order valence-electron chi connectivity index (χ2n) is 6.13. The Hall–Kier alpha value is -1.62. The summed E-state index contributed by atoms with van der Waals surface area (Å²) in [5, 5.41) is 8.10. The van der Waals surface area contributed by atoms with E-state index in [-0.39, 0.29) is 0 Å². The monoisotopic (exact) mass is 273 g/mol. The van der Waals surface area contributed by atoms with Crippen LogP contribution in [-0.2, 0) is 0 Å². The van der Waals surface area contributed by atoms with Gasteiger partial charge in [0.25, 0.3) is 0 Å². The highest BCUT2D eigenvalue weighted by Gasteiger charge is 2.19. The Morgan fingerprint density at radius 3 is 3.00 bits per heavy atom. The van der Waals surface area contributed by atoms with Gasteiger partial charge < -0.3 is 10.2 Å². The molecule has 1 atom stereocenters. The van der Waals surface area contributed by atoms with E-state index >= 15 is 0 Å². The Morgan fingerprint density at radius 2 is 2.30 bits per heavy atom. The second-order valence-corrected chi connectivity index (χ2v) is 6.13. The number of hydrogen-bond donors (Lipinski definition) is 1. The number of nitrogens with one attached hydrogen (secondary N) is 1. The predicted octanol–water partition coefficient (Wildman–Crippen LogP) is 2.22. The van der Waals surface area contributed by atoms with Crippen molar-refractivity contribution in [2.75, 3.05) is 32.0 Å². The average Bonchev–Trinajstić information content (AvgIpc) is 3.02. The van der Waals surface area contributed by atoms with Crippen molar-refractivity contribution in [3.05, 3.63) is 24.2 Å². The minimum Gasteiger partial charge on any atom is -0.368 e. The molecule has 5 nitrogen and oxygen atoms in total. The fraction of sp³-hybridized carbons (Fsp3) is 0.600. The van der Waals surface area contributed by atoms with Gasteiger partial charge in [0.1, 0.15) is 5.52 Å². The van der Waals surface area contributed by atoms with Crippen molar-refractivity contribution >= 4 is 11.3 Å². The van der Waals surface area contributed by atoms with Crippen molar-refractivity contribution in [2.24, 2.45) is 5.92 Å². The summed E-state index contributed by atoms with van der Waals surface area (Å²) in [4.78, 5) is 6.86. The molecule has 3 heterocycles. The third kappa shape index (κ3) is 2.63. The van der Waals surface area contributed by atoms with Crippen LogP contribution < -0.4 is 5.32 Å². The van der Waals surface area contributed by atoms with E-state index in [9.17, 15) is 0 Å². The van der Waals surface area contributed by atoms with Gasteiger partial charge in [-0.2, -0.15) is 5.10 Å². The van der Waals surface area contributed by atoms with Gasteiger partial charge in [0.2, 0.25) is 0 Å². The summed E-state index contributed by atoms with van der Waals surface area (Å²) < 4.78 is 1.92. The number of hydrogen-bond acceptors (Lipinski definition) is 4. The van der Waals surface area contributed by atoms with Gasteiger partial charge in [-0.3, -0.25) is 0 Å². The van der Waals surface area contributed by atoms with Crippen LogP contribution in [0.5, 0.6) is 0 Å². The molecule has 1 fully saturated rings. The second kappa shape index (κ2) is 5.40. The zero-order valence-electron chi connectivity index (χ0n) is 12.5. The summed E-state index contributed by atoms with van der Waals surface area (Å²) in [5.41, 5.74) is 2.18. The first-order chi connectivity index (χ1) is 9.63. The third-order valence-electron chi connectivity index (χ3n) is 4.05.